The molecule has 1 amide bonds. The number of hydrogen-bond acceptors (Lipinski definition) is 2. The van der Waals surface area contributed by atoms with Crippen LogP contribution in [0.3, 0.4) is 0 Å². The van der Waals surface area contributed by atoms with E-state index in [4.69, 9.17) is 4.74 Å². The molecule has 2 aromatic carbocycles. The second kappa shape index (κ2) is 6.21. The number of amides is 1. The Bertz CT molecular complexity index is 626. The number of carbonyl (C=O) groups excluding carboxylic acids is 1. The number of carbonyl (C=O) groups is 1. The van der Waals surface area contributed by atoms with Gasteiger partial charge in [-0.05, 0) is 46.4 Å². The molecule has 0 atom stereocenters. The zero-order chi connectivity index (χ0) is 14.7. The first-order valence-corrected chi connectivity index (χ1v) is 7.00. The fraction of sp³-hybridized carbons (Fsp3) is 0.133. The number of rotatable bonds is 2. The minimum atomic E-state index is -0.447. The molecule has 0 spiro atoms. The first-order chi connectivity index (χ1) is 9.49. The van der Waals surface area contributed by atoms with Crippen LogP contribution in [0.2, 0.25) is 0 Å². The van der Waals surface area contributed by atoms with Gasteiger partial charge in [0.25, 0.3) is 0 Å². The summed E-state index contributed by atoms with van der Waals surface area (Å²) in [6.45, 7) is 0. The fourth-order valence-corrected chi connectivity index (χ4v) is 2.26. The lowest BCUT2D eigenvalue weighted by atomic mass is 10.0. The normalized spacial score (nSPS) is 10.2. The number of hydrogen-bond donors (Lipinski definition) is 0. The van der Waals surface area contributed by atoms with Crippen molar-refractivity contribution >= 4 is 28.7 Å². The van der Waals surface area contributed by atoms with Crippen molar-refractivity contribution in [1.82, 2.24) is 4.90 Å². The lowest BCUT2D eigenvalue weighted by Gasteiger charge is -2.15. The van der Waals surface area contributed by atoms with Gasteiger partial charge < -0.3 is 9.64 Å². The van der Waals surface area contributed by atoms with Crippen molar-refractivity contribution in [3.8, 4) is 16.9 Å². The second-order valence-corrected chi connectivity index (χ2v) is 5.55. The lowest BCUT2D eigenvalue weighted by Crippen LogP contribution is -2.25. The Hall–Kier alpha value is -1.63. The van der Waals surface area contributed by atoms with Crippen LogP contribution in [0.25, 0.3) is 11.1 Å². The standard InChI is InChI=1S/C15H13FINO2/c1-18(2)15(19)20-14-12(4-3-5-13(14)17)10-6-8-11(16)9-7-10/h3-9H,1-2H3. The third-order valence-corrected chi connectivity index (χ3v) is 3.53. The van der Waals surface area contributed by atoms with Crippen LogP contribution in [0.1, 0.15) is 0 Å². The Balaban J connectivity index is 2.45. The van der Waals surface area contributed by atoms with E-state index >= 15 is 0 Å². The van der Waals surface area contributed by atoms with Crippen molar-refractivity contribution in [2.24, 2.45) is 0 Å². The van der Waals surface area contributed by atoms with E-state index in [0.29, 0.717) is 5.75 Å². The Morgan fingerprint density at radius 2 is 1.80 bits per heavy atom. The summed E-state index contributed by atoms with van der Waals surface area (Å²) >= 11 is 2.11. The van der Waals surface area contributed by atoms with Crippen molar-refractivity contribution in [3.05, 3.63) is 51.9 Å². The molecule has 3 nitrogen and oxygen atoms in total. The van der Waals surface area contributed by atoms with Crippen molar-refractivity contribution in [1.29, 1.82) is 0 Å². The number of para-hydroxylation sites is 1. The summed E-state index contributed by atoms with van der Waals surface area (Å²) in [6, 6.07) is 11.6. The highest BCUT2D eigenvalue weighted by Crippen LogP contribution is 2.34. The van der Waals surface area contributed by atoms with E-state index in [1.165, 1.54) is 17.0 Å². The van der Waals surface area contributed by atoms with Gasteiger partial charge in [-0.3, -0.25) is 0 Å². The summed E-state index contributed by atoms with van der Waals surface area (Å²) in [5.41, 5.74) is 1.55. The zero-order valence-electron chi connectivity index (χ0n) is 11.1. The van der Waals surface area contributed by atoms with Crippen molar-refractivity contribution < 1.29 is 13.9 Å². The predicted molar refractivity (Wildman–Crippen MR) is 84.3 cm³/mol. The number of nitrogens with zero attached hydrogens (tertiary/aromatic N) is 1. The first-order valence-electron chi connectivity index (χ1n) is 5.92. The van der Waals surface area contributed by atoms with Crippen molar-refractivity contribution in [2.45, 2.75) is 0 Å². The average Bonchev–Trinajstić information content (AvgIpc) is 2.42. The van der Waals surface area contributed by atoms with E-state index in [9.17, 15) is 9.18 Å². The van der Waals surface area contributed by atoms with Crippen LogP contribution in [0, 0.1) is 9.39 Å². The molecule has 0 aliphatic rings. The van der Waals surface area contributed by atoms with Gasteiger partial charge in [0.1, 0.15) is 5.82 Å². The topological polar surface area (TPSA) is 29.5 Å². The van der Waals surface area contributed by atoms with E-state index in [-0.39, 0.29) is 5.82 Å². The molecule has 0 radical (unpaired) electrons. The third kappa shape index (κ3) is 3.27. The highest BCUT2D eigenvalue weighted by atomic mass is 127. The molecule has 2 rings (SSSR count). The third-order valence-electron chi connectivity index (χ3n) is 2.68. The SMILES string of the molecule is CN(C)C(=O)Oc1c(I)cccc1-c1ccc(F)cc1. The molecule has 0 saturated carbocycles. The van der Waals surface area contributed by atoms with Crippen molar-refractivity contribution in [2.75, 3.05) is 14.1 Å². The molecule has 0 saturated heterocycles. The molecule has 5 heteroatoms. The van der Waals surface area contributed by atoms with Crippen molar-refractivity contribution in [3.63, 3.8) is 0 Å². The van der Waals surface area contributed by atoms with Gasteiger partial charge in [-0.1, -0.05) is 24.3 Å². The average molecular weight is 385 g/mol. The molecule has 104 valence electrons. The zero-order valence-corrected chi connectivity index (χ0v) is 13.2. The van der Waals surface area contributed by atoms with Crippen LogP contribution in [-0.4, -0.2) is 25.1 Å². The number of ether oxygens (including phenoxy) is 1. The van der Waals surface area contributed by atoms with E-state index in [1.54, 1.807) is 26.2 Å². The highest BCUT2D eigenvalue weighted by Gasteiger charge is 2.15. The Morgan fingerprint density at radius 1 is 1.15 bits per heavy atom. The van der Waals surface area contributed by atoms with E-state index in [1.807, 2.05) is 18.2 Å². The van der Waals surface area contributed by atoms with Crippen LogP contribution >= 0.6 is 22.6 Å². The molecule has 0 N–H and O–H groups in total. The smallest absolute Gasteiger partial charge is 0.408 e. The van der Waals surface area contributed by atoms with Crippen LogP contribution in [-0.2, 0) is 0 Å². The second-order valence-electron chi connectivity index (χ2n) is 4.39. The van der Waals surface area contributed by atoms with Crippen LogP contribution < -0.4 is 4.74 Å². The van der Waals surface area contributed by atoms with Gasteiger partial charge in [0, 0.05) is 19.7 Å². The van der Waals surface area contributed by atoms with E-state index in [0.717, 1.165) is 14.7 Å². The first kappa shape index (κ1) is 14.8. The summed E-state index contributed by atoms with van der Waals surface area (Å²) in [5, 5.41) is 0. The molecule has 0 aliphatic carbocycles. The number of benzene rings is 2. The van der Waals surface area contributed by atoms with Gasteiger partial charge in [-0.25, -0.2) is 9.18 Å². The summed E-state index contributed by atoms with van der Waals surface area (Å²) < 4.78 is 19.2. The van der Waals surface area contributed by atoms with Gasteiger partial charge in [0.15, 0.2) is 5.75 Å². The quantitative estimate of drug-likeness (QED) is 0.727. The molecule has 2 aromatic rings. The van der Waals surface area contributed by atoms with Gasteiger partial charge in [0.2, 0.25) is 0 Å². The van der Waals surface area contributed by atoms with Crippen LogP contribution in [0.5, 0.6) is 5.75 Å². The Kier molecular flexibility index (Phi) is 4.59. The summed E-state index contributed by atoms with van der Waals surface area (Å²) in [6.07, 6.45) is -0.447. The van der Waals surface area contributed by atoms with E-state index in [2.05, 4.69) is 22.6 Å². The minimum absolute atomic E-state index is 0.300. The monoisotopic (exact) mass is 385 g/mol. The minimum Gasteiger partial charge on any atom is -0.408 e. The van der Waals surface area contributed by atoms with Gasteiger partial charge >= 0.3 is 6.09 Å². The van der Waals surface area contributed by atoms with Gasteiger partial charge in [-0.2, -0.15) is 0 Å². The van der Waals surface area contributed by atoms with Gasteiger partial charge in [-0.15, -0.1) is 0 Å². The van der Waals surface area contributed by atoms with Gasteiger partial charge in [0.05, 0.1) is 3.57 Å². The molecule has 20 heavy (non-hydrogen) atoms. The molecule has 0 aliphatic heterocycles. The summed E-state index contributed by atoms with van der Waals surface area (Å²) in [7, 11) is 3.24. The maximum Gasteiger partial charge on any atom is 0.414 e. The summed E-state index contributed by atoms with van der Waals surface area (Å²) in [4.78, 5) is 13.1. The maximum absolute atomic E-state index is 13.0. The lowest BCUT2D eigenvalue weighted by molar-refractivity contribution is 0.172. The van der Waals surface area contributed by atoms with Crippen LogP contribution in [0.4, 0.5) is 9.18 Å². The Labute approximate surface area is 130 Å². The molecule has 0 heterocycles. The predicted octanol–water partition coefficient (Wildman–Crippen LogP) is 4.16. The largest absolute Gasteiger partial charge is 0.414 e. The molecule has 0 unspecified atom stereocenters. The maximum atomic E-state index is 13.0. The van der Waals surface area contributed by atoms with E-state index < -0.39 is 6.09 Å². The fourth-order valence-electron chi connectivity index (χ4n) is 1.65. The van der Waals surface area contributed by atoms with Crippen LogP contribution in [0.15, 0.2) is 42.5 Å². The highest BCUT2D eigenvalue weighted by molar-refractivity contribution is 14.1. The summed E-state index contributed by atoms with van der Waals surface area (Å²) in [5.74, 6) is 0.185. The molecular formula is C15H13FINO2. The Morgan fingerprint density at radius 3 is 2.40 bits per heavy atom. The molecular weight excluding hydrogens is 372 g/mol. The molecule has 0 fully saturated rings. The molecule has 0 aromatic heterocycles. The number of halogens is 2. The molecule has 0 bridgehead atoms.